The Kier molecular flexibility index (Phi) is 4.21. The maximum atomic E-state index is 13.8. The molecule has 0 saturated carbocycles. The van der Waals surface area contributed by atoms with Gasteiger partial charge in [0.05, 0.1) is 22.7 Å². The number of nitriles is 2. The topological polar surface area (TPSA) is 93.9 Å². The summed E-state index contributed by atoms with van der Waals surface area (Å²) < 4.78 is 14.0. The van der Waals surface area contributed by atoms with Crippen molar-refractivity contribution in [3.8, 4) is 12.1 Å². The Bertz CT molecular complexity index is 1090. The van der Waals surface area contributed by atoms with E-state index < -0.39 is 35.1 Å². The average molecular weight is 437 g/mol. The Morgan fingerprint density at radius 2 is 1.93 bits per heavy atom. The molecule has 0 aliphatic carbocycles. The third-order valence-corrected chi connectivity index (χ3v) is 6.15. The third-order valence-electron chi connectivity index (χ3n) is 5.54. The summed E-state index contributed by atoms with van der Waals surface area (Å²) in [5, 5.41) is 20.4. The van der Waals surface area contributed by atoms with Crippen molar-refractivity contribution in [3.63, 3.8) is 0 Å². The highest BCUT2D eigenvalue weighted by Crippen LogP contribution is 2.59. The first-order valence-corrected chi connectivity index (χ1v) is 9.35. The Balaban J connectivity index is 2.01. The minimum atomic E-state index is -1.59. The lowest BCUT2D eigenvalue weighted by Crippen LogP contribution is -2.41. The molecular weight excluding hydrogens is 423 g/mol. The quantitative estimate of drug-likeness (QED) is 0.777. The van der Waals surface area contributed by atoms with Crippen LogP contribution >= 0.6 is 15.9 Å². The molecule has 2 aliphatic heterocycles. The molecule has 2 aromatic carbocycles. The van der Waals surface area contributed by atoms with Crippen molar-refractivity contribution in [2.45, 2.75) is 18.0 Å². The number of nitrogens with zero attached hydrogens (tertiary/aromatic N) is 3. The van der Waals surface area contributed by atoms with Crippen LogP contribution in [0.4, 0.5) is 4.39 Å². The summed E-state index contributed by atoms with van der Waals surface area (Å²) in [5.74, 6) is -1.97. The van der Waals surface area contributed by atoms with Crippen molar-refractivity contribution >= 4 is 27.9 Å². The molecule has 0 bridgehead atoms. The van der Waals surface area contributed by atoms with Crippen molar-refractivity contribution in [1.82, 2.24) is 4.90 Å². The molecule has 2 aliphatic rings. The molecule has 0 unspecified atom stereocenters. The van der Waals surface area contributed by atoms with E-state index in [-0.39, 0.29) is 4.47 Å². The van der Waals surface area contributed by atoms with E-state index in [1.807, 2.05) is 30.3 Å². The van der Waals surface area contributed by atoms with Gasteiger partial charge >= 0.3 is 0 Å². The number of rotatable bonds is 2. The summed E-state index contributed by atoms with van der Waals surface area (Å²) in [6, 6.07) is 14.5. The number of carbonyl (C=O) groups excluding carboxylic acids is 1. The van der Waals surface area contributed by atoms with E-state index in [2.05, 4.69) is 28.1 Å². The Hall–Kier alpha value is -3.16. The smallest absolute Gasteiger partial charge is 0.240 e. The number of carbonyl (C=O) groups is 1. The number of nitrogens with two attached hydrogens (primary N) is 1. The van der Waals surface area contributed by atoms with Gasteiger partial charge in [-0.2, -0.15) is 10.5 Å². The number of benzene rings is 2. The van der Waals surface area contributed by atoms with Crippen LogP contribution in [0.3, 0.4) is 0 Å². The van der Waals surface area contributed by atoms with E-state index in [1.165, 1.54) is 18.2 Å². The Labute approximate surface area is 169 Å². The molecule has 1 fully saturated rings. The molecule has 0 radical (unpaired) electrons. The predicted molar refractivity (Wildman–Crippen MR) is 104 cm³/mol. The van der Waals surface area contributed by atoms with Crippen LogP contribution in [0.1, 0.15) is 28.7 Å². The summed E-state index contributed by atoms with van der Waals surface area (Å²) in [6.07, 6.45) is 3.55. The molecule has 2 aromatic rings. The number of amides is 1. The summed E-state index contributed by atoms with van der Waals surface area (Å²) >= 11 is 3.15. The molecule has 5 nitrogen and oxygen atoms in total. The number of halogens is 2. The second kappa shape index (κ2) is 6.47. The summed E-state index contributed by atoms with van der Waals surface area (Å²) in [4.78, 5) is 14.2. The lowest BCUT2D eigenvalue weighted by atomic mass is 9.68. The SMILES string of the molecule is N#CC1(C#N)[C@@H]2c3ccccc3C=CN2[C@@H](C(N)=O)[C@@H]1c1ccc(F)c(Br)c1. The van der Waals surface area contributed by atoms with Gasteiger partial charge in [0.15, 0.2) is 5.41 Å². The molecule has 4 rings (SSSR count). The highest BCUT2D eigenvalue weighted by Gasteiger charge is 2.63. The van der Waals surface area contributed by atoms with Gasteiger partial charge in [0, 0.05) is 12.1 Å². The summed E-state index contributed by atoms with van der Waals surface area (Å²) in [6.45, 7) is 0. The van der Waals surface area contributed by atoms with Crippen LogP contribution in [0, 0.1) is 33.9 Å². The lowest BCUT2D eigenvalue weighted by molar-refractivity contribution is -0.122. The zero-order valence-electron chi connectivity index (χ0n) is 14.5. The van der Waals surface area contributed by atoms with Gasteiger partial charge in [0.25, 0.3) is 0 Å². The van der Waals surface area contributed by atoms with E-state index in [1.54, 1.807) is 11.1 Å². The van der Waals surface area contributed by atoms with E-state index in [4.69, 9.17) is 5.73 Å². The van der Waals surface area contributed by atoms with Crippen molar-refractivity contribution in [1.29, 1.82) is 10.5 Å². The first-order chi connectivity index (χ1) is 13.4. The predicted octanol–water partition coefficient (Wildman–Crippen LogP) is 3.60. The second-order valence-corrected chi connectivity index (χ2v) is 7.74. The molecule has 2 N–H and O–H groups in total. The van der Waals surface area contributed by atoms with Gasteiger partial charge in [0.1, 0.15) is 11.9 Å². The van der Waals surface area contributed by atoms with Crippen molar-refractivity contribution < 1.29 is 9.18 Å². The lowest BCUT2D eigenvalue weighted by Gasteiger charge is -2.34. The molecule has 1 amide bonds. The van der Waals surface area contributed by atoms with E-state index in [0.717, 1.165) is 11.1 Å². The molecule has 3 atom stereocenters. The molecule has 0 spiro atoms. The van der Waals surface area contributed by atoms with Gasteiger partial charge < -0.3 is 10.6 Å². The van der Waals surface area contributed by atoms with E-state index in [0.29, 0.717) is 5.56 Å². The summed E-state index contributed by atoms with van der Waals surface area (Å²) in [7, 11) is 0. The van der Waals surface area contributed by atoms with Gasteiger partial charge in [-0.15, -0.1) is 0 Å². The average Bonchev–Trinajstić information content (AvgIpc) is 3.01. The maximum absolute atomic E-state index is 13.8. The molecular formula is C21H14BrFN4O. The largest absolute Gasteiger partial charge is 0.368 e. The maximum Gasteiger partial charge on any atom is 0.240 e. The standard InChI is InChI=1S/C21H14BrFN4O/c22-15-9-13(5-6-16(15)23)17-18(20(26)28)27-8-7-12-3-1-2-4-14(12)19(27)21(17,10-24)11-25/h1-9,17-19H,(H2,26,28)/t17-,18+,19-/m0/s1. The Morgan fingerprint density at radius 3 is 2.57 bits per heavy atom. The van der Waals surface area contributed by atoms with Gasteiger partial charge in [-0.1, -0.05) is 30.3 Å². The van der Waals surface area contributed by atoms with Crippen LogP contribution in [-0.2, 0) is 4.79 Å². The van der Waals surface area contributed by atoms with E-state index >= 15 is 0 Å². The fraction of sp³-hybridized carbons (Fsp3) is 0.190. The van der Waals surface area contributed by atoms with Gasteiger partial charge in [-0.05, 0) is 50.8 Å². The van der Waals surface area contributed by atoms with Crippen molar-refractivity contribution in [2.75, 3.05) is 0 Å². The van der Waals surface area contributed by atoms with Crippen LogP contribution in [0.5, 0.6) is 0 Å². The minimum Gasteiger partial charge on any atom is -0.368 e. The van der Waals surface area contributed by atoms with Crippen LogP contribution in [0.2, 0.25) is 0 Å². The summed E-state index contributed by atoms with van der Waals surface area (Å²) in [5.41, 5.74) is 6.30. The number of hydrogen-bond donors (Lipinski definition) is 1. The van der Waals surface area contributed by atoms with Crippen LogP contribution in [0.15, 0.2) is 53.1 Å². The monoisotopic (exact) mass is 436 g/mol. The van der Waals surface area contributed by atoms with Crippen LogP contribution < -0.4 is 5.73 Å². The molecule has 1 saturated heterocycles. The highest BCUT2D eigenvalue weighted by molar-refractivity contribution is 9.10. The minimum absolute atomic E-state index is 0.193. The first kappa shape index (κ1) is 18.2. The molecule has 7 heteroatoms. The van der Waals surface area contributed by atoms with Gasteiger partial charge in [0.2, 0.25) is 5.91 Å². The first-order valence-electron chi connectivity index (χ1n) is 8.56. The van der Waals surface area contributed by atoms with E-state index in [9.17, 15) is 19.7 Å². The van der Waals surface area contributed by atoms with Crippen LogP contribution in [-0.4, -0.2) is 16.8 Å². The number of hydrogen-bond acceptors (Lipinski definition) is 4. The van der Waals surface area contributed by atoms with Crippen LogP contribution in [0.25, 0.3) is 6.08 Å². The molecule has 138 valence electrons. The molecule has 0 aromatic heterocycles. The Morgan fingerprint density at radius 1 is 1.21 bits per heavy atom. The molecule has 2 heterocycles. The molecule has 28 heavy (non-hydrogen) atoms. The fourth-order valence-corrected chi connectivity index (χ4v) is 4.79. The second-order valence-electron chi connectivity index (χ2n) is 6.89. The van der Waals surface area contributed by atoms with Gasteiger partial charge in [-0.25, -0.2) is 4.39 Å². The van der Waals surface area contributed by atoms with Gasteiger partial charge in [-0.3, -0.25) is 4.79 Å². The number of primary amides is 1. The third kappa shape index (κ3) is 2.37. The number of fused-ring (bicyclic) bond motifs is 3. The zero-order chi connectivity index (χ0) is 20.1. The fourth-order valence-electron chi connectivity index (χ4n) is 4.40. The normalized spacial score (nSPS) is 24.0. The van der Waals surface area contributed by atoms with Crippen molar-refractivity contribution in [3.05, 3.63) is 75.6 Å². The zero-order valence-corrected chi connectivity index (χ0v) is 16.1. The highest BCUT2D eigenvalue weighted by atomic mass is 79.9. The van der Waals surface area contributed by atoms with Crippen molar-refractivity contribution in [2.24, 2.45) is 11.1 Å².